The average molecular weight is 388 g/mol. The molecule has 3 rings (SSSR count). The average Bonchev–Trinajstić information content (AvgIpc) is 2.96. The van der Waals surface area contributed by atoms with Gasteiger partial charge in [0.2, 0.25) is 5.91 Å². The van der Waals surface area contributed by atoms with Crippen LogP contribution in [0, 0.1) is 6.92 Å². The summed E-state index contributed by atoms with van der Waals surface area (Å²) in [6, 6.07) is 8.55. The summed E-state index contributed by atoms with van der Waals surface area (Å²) in [7, 11) is 0. The largest absolute Gasteiger partial charge is 0.352 e. The molecule has 4 nitrogen and oxygen atoms in total. The molecule has 2 N–H and O–H groups in total. The number of aryl methyl sites for hydroxylation is 1. The number of amides is 1. The van der Waals surface area contributed by atoms with Gasteiger partial charge in [-0.25, -0.2) is 4.98 Å². The summed E-state index contributed by atoms with van der Waals surface area (Å²) in [5, 5.41) is 9.36. The van der Waals surface area contributed by atoms with Gasteiger partial charge >= 0.3 is 0 Å². The van der Waals surface area contributed by atoms with Crippen molar-refractivity contribution < 1.29 is 4.79 Å². The molecule has 0 bridgehead atoms. The van der Waals surface area contributed by atoms with Crippen molar-refractivity contribution in [2.45, 2.75) is 32.2 Å². The number of carbonyl (C=O) groups is 1. The zero-order valence-corrected chi connectivity index (χ0v) is 16.0. The van der Waals surface area contributed by atoms with Gasteiger partial charge in [0.25, 0.3) is 0 Å². The van der Waals surface area contributed by atoms with Crippen LogP contribution in [0.4, 0.5) is 0 Å². The monoisotopic (exact) mass is 387 g/mol. The molecule has 0 radical (unpaired) electrons. The third-order valence-electron chi connectivity index (χ3n) is 3.82. The standard InChI is InChI=1S/C17H21N3OS.2ClH/c1-12-4-2-5-13(8-12)17-20-15(11-22-17)9-16(21)19-14-6-3-7-18-10-14;;/h2,4-5,8,11,14,18H,3,6-7,9-10H2,1H3,(H,19,21);2*1H. The normalized spacial score (nSPS) is 16.6. The van der Waals surface area contributed by atoms with Crippen LogP contribution in [-0.2, 0) is 11.2 Å². The van der Waals surface area contributed by atoms with Crippen LogP contribution >= 0.6 is 36.2 Å². The van der Waals surface area contributed by atoms with Crippen molar-refractivity contribution in [3.8, 4) is 10.6 Å². The molecule has 1 saturated heterocycles. The minimum absolute atomic E-state index is 0. The van der Waals surface area contributed by atoms with Gasteiger partial charge in [-0.15, -0.1) is 36.2 Å². The van der Waals surface area contributed by atoms with Crippen LogP contribution in [0.2, 0.25) is 0 Å². The highest BCUT2D eigenvalue weighted by molar-refractivity contribution is 7.13. The molecule has 1 amide bonds. The van der Waals surface area contributed by atoms with Gasteiger partial charge < -0.3 is 10.6 Å². The SMILES string of the molecule is Cc1cccc(-c2nc(CC(=O)NC3CCCNC3)cs2)c1.Cl.Cl. The summed E-state index contributed by atoms with van der Waals surface area (Å²) in [6.45, 7) is 4.00. The van der Waals surface area contributed by atoms with Gasteiger partial charge in [-0.05, 0) is 32.4 Å². The Hall–Kier alpha value is -1.14. The van der Waals surface area contributed by atoms with Crippen molar-refractivity contribution in [2.24, 2.45) is 0 Å². The number of benzene rings is 1. The van der Waals surface area contributed by atoms with Gasteiger partial charge in [0.05, 0.1) is 12.1 Å². The van der Waals surface area contributed by atoms with E-state index in [9.17, 15) is 4.79 Å². The number of aromatic nitrogens is 1. The molecular formula is C17H23Cl2N3OS. The first-order chi connectivity index (χ1) is 10.7. The predicted octanol–water partition coefficient (Wildman–Crippen LogP) is 3.37. The number of nitrogens with one attached hydrogen (secondary N) is 2. The van der Waals surface area contributed by atoms with E-state index in [0.29, 0.717) is 6.42 Å². The number of halogens is 2. The molecular weight excluding hydrogens is 365 g/mol. The fourth-order valence-corrected chi connectivity index (χ4v) is 3.53. The number of nitrogens with zero attached hydrogens (tertiary/aromatic N) is 1. The summed E-state index contributed by atoms with van der Waals surface area (Å²) in [6.07, 6.45) is 2.54. The molecule has 24 heavy (non-hydrogen) atoms. The predicted molar refractivity (Wildman–Crippen MR) is 105 cm³/mol. The molecule has 2 aromatic rings. The first-order valence-corrected chi connectivity index (χ1v) is 8.60. The number of hydrogen-bond acceptors (Lipinski definition) is 4. The zero-order valence-electron chi connectivity index (χ0n) is 13.6. The molecule has 1 aliphatic rings. The first kappa shape index (κ1) is 20.9. The Kier molecular flexibility index (Phi) is 8.70. The molecule has 132 valence electrons. The van der Waals surface area contributed by atoms with E-state index < -0.39 is 0 Å². The van der Waals surface area contributed by atoms with Crippen molar-refractivity contribution >= 4 is 42.1 Å². The summed E-state index contributed by atoms with van der Waals surface area (Å²) < 4.78 is 0. The molecule has 7 heteroatoms. The van der Waals surface area contributed by atoms with E-state index in [0.717, 1.165) is 42.2 Å². The van der Waals surface area contributed by atoms with E-state index in [1.54, 1.807) is 11.3 Å². The van der Waals surface area contributed by atoms with Crippen LogP contribution in [-0.4, -0.2) is 30.0 Å². The van der Waals surface area contributed by atoms with Gasteiger partial charge in [0, 0.05) is 23.5 Å². The lowest BCUT2D eigenvalue weighted by Gasteiger charge is -2.23. The van der Waals surface area contributed by atoms with Crippen LogP contribution in [0.1, 0.15) is 24.1 Å². The molecule has 2 heterocycles. The maximum atomic E-state index is 12.1. The van der Waals surface area contributed by atoms with Crippen molar-refractivity contribution in [1.82, 2.24) is 15.6 Å². The maximum absolute atomic E-state index is 12.1. The number of piperidine rings is 1. The van der Waals surface area contributed by atoms with Crippen LogP contribution in [0.25, 0.3) is 10.6 Å². The molecule has 0 saturated carbocycles. The van der Waals surface area contributed by atoms with Crippen LogP contribution in [0.3, 0.4) is 0 Å². The number of thiazole rings is 1. The summed E-state index contributed by atoms with van der Waals surface area (Å²) in [5.41, 5.74) is 3.19. The highest BCUT2D eigenvalue weighted by Gasteiger charge is 2.16. The van der Waals surface area contributed by atoms with E-state index in [1.165, 1.54) is 5.56 Å². The minimum atomic E-state index is 0. The van der Waals surface area contributed by atoms with Crippen molar-refractivity contribution in [3.05, 3.63) is 40.9 Å². The molecule has 0 aliphatic carbocycles. The first-order valence-electron chi connectivity index (χ1n) is 7.72. The number of rotatable bonds is 4. The lowest BCUT2D eigenvalue weighted by Crippen LogP contribution is -2.46. The second kappa shape index (κ2) is 9.99. The van der Waals surface area contributed by atoms with Crippen LogP contribution in [0.15, 0.2) is 29.6 Å². The highest BCUT2D eigenvalue weighted by atomic mass is 35.5. The molecule has 1 aliphatic heterocycles. The Labute approximate surface area is 159 Å². The topological polar surface area (TPSA) is 54.0 Å². The van der Waals surface area contributed by atoms with Crippen molar-refractivity contribution in [2.75, 3.05) is 13.1 Å². The lowest BCUT2D eigenvalue weighted by molar-refractivity contribution is -0.121. The fourth-order valence-electron chi connectivity index (χ4n) is 2.72. The maximum Gasteiger partial charge on any atom is 0.226 e. The summed E-state index contributed by atoms with van der Waals surface area (Å²) >= 11 is 1.60. The fraction of sp³-hybridized carbons (Fsp3) is 0.412. The van der Waals surface area contributed by atoms with Crippen molar-refractivity contribution in [1.29, 1.82) is 0 Å². The zero-order chi connectivity index (χ0) is 15.4. The third kappa shape index (κ3) is 5.74. The van der Waals surface area contributed by atoms with E-state index in [4.69, 9.17) is 0 Å². The molecule has 1 aromatic carbocycles. The highest BCUT2D eigenvalue weighted by Crippen LogP contribution is 2.24. The summed E-state index contributed by atoms with van der Waals surface area (Å²) in [4.78, 5) is 16.7. The number of carbonyl (C=O) groups excluding carboxylic acids is 1. The Bertz CT molecular complexity index is 657. The Balaban J connectivity index is 0.00000144. The second-order valence-corrected chi connectivity index (χ2v) is 6.66. The van der Waals surface area contributed by atoms with Gasteiger partial charge in [-0.1, -0.05) is 23.8 Å². The van der Waals surface area contributed by atoms with Gasteiger partial charge in [-0.3, -0.25) is 4.79 Å². The molecule has 1 atom stereocenters. The molecule has 1 fully saturated rings. The second-order valence-electron chi connectivity index (χ2n) is 5.80. The minimum Gasteiger partial charge on any atom is -0.352 e. The van der Waals surface area contributed by atoms with E-state index in [-0.39, 0.29) is 36.8 Å². The van der Waals surface area contributed by atoms with Gasteiger partial charge in [-0.2, -0.15) is 0 Å². The summed E-state index contributed by atoms with van der Waals surface area (Å²) in [5.74, 6) is 0.0646. The number of hydrogen-bond donors (Lipinski definition) is 2. The Morgan fingerprint density at radius 2 is 2.25 bits per heavy atom. The van der Waals surface area contributed by atoms with Crippen LogP contribution in [0.5, 0.6) is 0 Å². The van der Waals surface area contributed by atoms with Crippen molar-refractivity contribution in [3.63, 3.8) is 0 Å². The Morgan fingerprint density at radius 1 is 1.42 bits per heavy atom. The Morgan fingerprint density at radius 3 is 2.96 bits per heavy atom. The molecule has 0 spiro atoms. The van der Waals surface area contributed by atoms with Gasteiger partial charge in [0.15, 0.2) is 0 Å². The third-order valence-corrected chi connectivity index (χ3v) is 4.76. The lowest BCUT2D eigenvalue weighted by atomic mass is 10.1. The van der Waals surface area contributed by atoms with E-state index in [1.807, 2.05) is 11.4 Å². The van der Waals surface area contributed by atoms with E-state index in [2.05, 4.69) is 40.7 Å². The van der Waals surface area contributed by atoms with Gasteiger partial charge in [0.1, 0.15) is 5.01 Å². The molecule has 1 unspecified atom stereocenters. The van der Waals surface area contributed by atoms with Crippen LogP contribution < -0.4 is 10.6 Å². The smallest absolute Gasteiger partial charge is 0.226 e. The molecule has 1 aromatic heterocycles. The quantitative estimate of drug-likeness (QED) is 0.845. The van der Waals surface area contributed by atoms with E-state index >= 15 is 0 Å².